The quantitative estimate of drug-likeness (QED) is 0.765. The van der Waals surface area contributed by atoms with Crippen molar-refractivity contribution in [3.05, 3.63) is 0 Å². The third kappa shape index (κ3) is 4.52. The van der Waals surface area contributed by atoms with Gasteiger partial charge in [0.15, 0.2) is 0 Å². The van der Waals surface area contributed by atoms with Gasteiger partial charge in [0.1, 0.15) is 0 Å². The van der Waals surface area contributed by atoms with E-state index in [2.05, 4.69) is 37.9 Å². The van der Waals surface area contributed by atoms with Gasteiger partial charge in [0, 0.05) is 18.6 Å². The first-order valence-corrected chi connectivity index (χ1v) is 7.59. The zero-order chi connectivity index (χ0) is 13.6. The maximum absolute atomic E-state index is 9.57. The minimum Gasteiger partial charge on any atom is -0.395 e. The molecule has 1 rings (SSSR count). The van der Waals surface area contributed by atoms with Crippen LogP contribution in [0.2, 0.25) is 0 Å². The van der Waals surface area contributed by atoms with E-state index in [0.29, 0.717) is 18.7 Å². The number of hydrogen-bond acceptors (Lipinski definition) is 3. The fourth-order valence-corrected chi connectivity index (χ4v) is 2.89. The number of rotatable bonds is 6. The van der Waals surface area contributed by atoms with Crippen molar-refractivity contribution in [1.82, 2.24) is 10.2 Å². The third-order valence-electron chi connectivity index (χ3n) is 4.50. The zero-order valence-corrected chi connectivity index (χ0v) is 12.7. The fourth-order valence-electron chi connectivity index (χ4n) is 2.89. The van der Waals surface area contributed by atoms with Crippen LogP contribution in [0.25, 0.3) is 0 Å². The van der Waals surface area contributed by atoms with E-state index in [1.807, 2.05) is 0 Å². The lowest BCUT2D eigenvalue weighted by atomic mass is 9.84. The van der Waals surface area contributed by atoms with Crippen LogP contribution in [0.5, 0.6) is 0 Å². The number of hydrogen-bond donors (Lipinski definition) is 2. The lowest BCUT2D eigenvalue weighted by Crippen LogP contribution is -2.50. The summed E-state index contributed by atoms with van der Waals surface area (Å²) in [6.45, 7) is 12.7. The molecule has 0 radical (unpaired) electrons. The van der Waals surface area contributed by atoms with Gasteiger partial charge in [0.2, 0.25) is 0 Å². The van der Waals surface area contributed by atoms with Crippen molar-refractivity contribution in [3.8, 4) is 0 Å². The van der Waals surface area contributed by atoms with Gasteiger partial charge in [-0.2, -0.15) is 0 Å². The third-order valence-corrected chi connectivity index (χ3v) is 4.50. The SMILES string of the molecule is CCNC(C)C(C)(C)CN1CCCCCC1CO. The van der Waals surface area contributed by atoms with Crippen LogP contribution >= 0.6 is 0 Å². The Morgan fingerprint density at radius 3 is 2.67 bits per heavy atom. The molecule has 0 aliphatic carbocycles. The summed E-state index contributed by atoms with van der Waals surface area (Å²) >= 11 is 0. The molecule has 1 heterocycles. The maximum Gasteiger partial charge on any atom is 0.0586 e. The first-order chi connectivity index (χ1) is 8.51. The first-order valence-electron chi connectivity index (χ1n) is 7.59. The van der Waals surface area contributed by atoms with E-state index in [-0.39, 0.29) is 5.41 Å². The Morgan fingerprint density at radius 1 is 1.33 bits per heavy atom. The van der Waals surface area contributed by atoms with Gasteiger partial charge in [-0.3, -0.25) is 4.90 Å². The van der Waals surface area contributed by atoms with E-state index in [0.717, 1.165) is 26.1 Å². The van der Waals surface area contributed by atoms with E-state index in [1.165, 1.54) is 19.3 Å². The second kappa shape index (κ2) is 7.46. The van der Waals surface area contributed by atoms with Crippen molar-refractivity contribution in [2.45, 2.75) is 65.5 Å². The summed E-state index contributed by atoms with van der Waals surface area (Å²) in [5.74, 6) is 0. The molecule has 2 unspecified atom stereocenters. The Balaban J connectivity index is 2.61. The topological polar surface area (TPSA) is 35.5 Å². The van der Waals surface area contributed by atoms with Gasteiger partial charge in [-0.25, -0.2) is 0 Å². The van der Waals surface area contributed by atoms with E-state index in [1.54, 1.807) is 0 Å². The van der Waals surface area contributed by atoms with Gasteiger partial charge in [-0.05, 0) is 38.3 Å². The Hall–Kier alpha value is -0.120. The smallest absolute Gasteiger partial charge is 0.0586 e. The van der Waals surface area contributed by atoms with E-state index >= 15 is 0 Å². The normalized spacial score (nSPS) is 24.8. The van der Waals surface area contributed by atoms with E-state index in [9.17, 15) is 5.11 Å². The highest BCUT2D eigenvalue weighted by atomic mass is 16.3. The molecular formula is C15H32N2O. The van der Waals surface area contributed by atoms with E-state index in [4.69, 9.17) is 0 Å². The van der Waals surface area contributed by atoms with Gasteiger partial charge < -0.3 is 10.4 Å². The van der Waals surface area contributed by atoms with Crippen molar-refractivity contribution in [1.29, 1.82) is 0 Å². The number of aliphatic hydroxyl groups is 1. The van der Waals surface area contributed by atoms with E-state index < -0.39 is 0 Å². The Bertz CT molecular complexity index is 231. The summed E-state index contributed by atoms with van der Waals surface area (Å²) in [6, 6.07) is 0.880. The highest BCUT2D eigenvalue weighted by molar-refractivity contribution is 4.86. The molecule has 0 spiro atoms. The lowest BCUT2D eigenvalue weighted by molar-refractivity contribution is 0.0733. The molecular weight excluding hydrogens is 224 g/mol. The standard InChI is InChI=1S/C15H32N2O/c1-5-16-13(2)15(3,4)12-17-10-8-6-7-9-14(17)11-18/h13-14,16,18H,5-12H2,1-4H3. The summed E-state index contributed by atoms with van der Waals surface area (Å²) in [5, 5.41) is 13.1. The minimum atomic E-state index is 0.244. The molecule has 0 bridgehead atoms. The monoisotopic (exact) mass is 256 g/mol. The molecule has 3 heteroatoms. The summed E-state index contributed by atoms with van der Waals surface area (Å²) in [6.07, 6.45) is 5.02. The maximum atomic E-state index is 9.57. The molecule has 0 amide bonds. The molecule has 0 saturated carbocycles. The van der Waals surface area contributed by atoms with Crippen LogP contribution in [-0.4, -0.2) is 48.3 Å². The van der Waals surface area contributed by atoms with Crippen LogP contribution in [-0.2, 0) is 0 Å². The fraction of sp³-hybridized carbons (Fsp3) is 1.00. The summed E-state index contributed by atoms with van der Waals surface area (Å²) in [4.78, 5) is 2.51. The predicted octanol–water partition coefficient (Wildman–Crippen LogP) is 2.25. The van der Waals surface area contributed by atoms with Gasteiger partial charge in [-0.1, -0.05) is 33.6 Å². The van der Waals surface area contributed by atoms with Crippen LogP contribution in [0.4, 0.5) is 0 Å². The van der Waals surface area contributed by atoms with Crippen LogP contribution < -0.4 is 5.32 Å². The molecule has 18 heavy (non-hydrogen) atoms. The van der Waals surface area contributed by atoms with Crippen LogP contribution in [0.15, 0.2) is 0 Å². The largest absolute Gasteiger partial charge is 0.395 e. The number of nitrogens with zero attached hydrogens (tertiary/aromatic N) is 1. The molecule has 0 aromatic heterocycles. The average Bonchev–Trinajstić information content (AvgIpc) is 2.54. The molecule has 0 aromatic carbocycles. The summed E-state index contributed by atoms with van der Waals surface area (Å²) < 4.78 is 0. The number of nitrogens with one attached hydrogen (secondary N) is 1. The molecule has 2 N–H and O–H groups in total. The van der Waals surface area contributed by atoms with Crippen molar-refractivity contribution in [2.75, 3.05) is 26.2 Å². The van der Waals surface area contributed by atoms with Crippen molar-refractivity contribution in [2.24, 2.45) is 5.41 Å². The van der Waals surface area contributed by atoms with Crippen molar-refractivity contribution >= 4 is 0 Å². The van der Waals surface area contributed by atoms with Crippen LogP contribution in [0.1, 0.15) is 53.4 Å². The molecule has 2 atom stereocenters. The molecule has 1 saturated heterocycles. The Labute approximate surface area is 113 Å². The highest BCUT2D eigenvalue weighted by Gasteiger charge is 2.31. The molecule has 1 aliphatic rings. The van der Waals surface area contributed by atoms with Gasteiger partial charge in [0.25, 0.3) is 0 Å². The number of likely N-dealkylation sites (tertiary alicyclic amines) is 1. The molecule has 0 aromatic rings. The zero-order valence-electron chi connectivity index (χ0n) is 12.7. The van der Waals surface area contributed by atoms with Gasteiger partial charge in [-0.15, -0.1) is 0 Å². The molecule has 1 aliphatic heterocycles. The summed E-state index contributed by atoms with van der Waals surface area (Å²) in [7, 11) is 0. The van der Waals surface area contributed by atoms with Crippen LogP contribution in [0.3, 0.4) is 0 Å². The second-order valence-electron chi connectivity index (χ2n) is 6.42. The Kier molecular flexibility index (Phi) is 6.61. The average molecular weight is 256 g/mol. The van der Waals surface area contributed by atoms with Gasteiger partial charge in [0.05, 0.1) is 6.61 Å². The molecule has 1 fully saturated rings. The molecule has 108 valence electrons. The number of aliphatic hydroxyl groups excluding tert-OH is 1. The first kappa shape index (κ1) is 15.9. The predicted molar refractivity (Wildman–Crippen MR) is 77.8 cm³/mol. The Morgan fingerprint density at radius 2 is 2.06 bits per heavy atom. The minimum absolute atomic E-state index is 0.244. The molecule has 3 nitrogen and oxygen atoms in total. The second-order valence-corrected chi connectivity index (χ2v) is 6.42. The van der Waals surface area contributed by atoms with Crippen molar-refractivity contribution < 1.29 is 5.11 Å². The van der Waals surface area contributed by atoms with Crippen molar-refractivity contribution in [3.63, 3.8) is 0 Å². The van der Waals surface area contributed by atoms with Gasteiger partial charge >= 0.3 is 0 Å². The summed E-state index contributed by atoms with van der Waals surface area (Å²) in [5.41, 5.74) is 0.244. The highest BCUT2D eigenvalue weighted by Crippen LogP contribution is 2.26. The van der Waals surface area contributed by atoms with Crippen LogP contribution in [0, 0.1) is 5.41 Å². The lowest BCUT2D eigenvalue weighted by Gasteiger charge is -2.40.